The molecule has 0 saturated carbocycles. The van der Waals surface area contributed by atoms with Gasteiger partial charge in [-0.3, -0.25) is 9.59 Å². The Kier molecular flexibility index (Phi) is 7.82. The molecule has 1 aromatic rings. The second kappa shape index (κ2) is 9.60. The van der Waals surface area contributed by atoms with Crippen molar-refractivity contribution in [2.75, 3.05) is 20.8 Å². The van der Waals surface area contributed by atoms with Crippen molar-refractivity contribution in [3.05, 3.63) is 23.8 Å². The Balaban J connectivity index is 3.05. The summed E-state index contributed by atoms with van der Waals surface area (Å²) in [6.07, 6.45) is 4.13. The van der Waals surface area contributed by atoms with Crippen LogP contribution in [-0.4, -0.2) is 32.8 Å². The number of carbonyl (C=O) groups excluding carboxylic acids is 2. The number of benzene rings is 1. The topological polar surface area (TPSA) is 71.1 Å². The van der Waals surface area contributed by atoms with Crippen LogP contribution >= 0.6 is 0 Å². The Hall–Kier alpha value is -2.50. The number of ether oxygens (including phenoxy) is 4. The van der Waals surface area contributed by atoms with Crippen LogP contribution in [0.4, 0.5) is 0 Å². The molecule has 0 amide bonds. The van der Waals surface area contributed by atoms with Gasteiger partial charge in [0.05, 0.1) is 20.1 Å². The van der Waals surface area contributed by atoms with Crippen LogP contribution in [0.3, 0.4) is 0 Å². The molecule has 1 aromatic carbocycles. The van der Waals surface area contributed by atoms with Crippen LogP contribution < -0.4 is 14.2 Å². The number of methoxy groups -OCH3 is 2. The molecule has 0 bridgehead atoms. The third-order valence-corrected chi connectivity index (χ3v) is 3.39. The molecule has 0 aromatic heterocycles. The first kappa shape index (κ1) is 19.5. The minimum absolute atomic E-state index is 0.171. The van der Waals surface area contributed by atoms with Crippen molar-refractivity contribution in [2.45, 2.75) is 27.2 Å². The van der Waals surface area contributed by atoms with Crippen molar-refractivity contribution >= 4 is 18.0 Å². The molecule has 6 nitrogen and oxygen atoms in total. The first-order valence-electron chi connectivity index (χ1n) is 7.70. The van der Waals surface area contributed by atoms with Crippen molar-refractivity contribution in [1.82, 2.24) is 0 Å². The van der Waals surface area contributed by atoms with E-state index in [2.05, 4.69) is 0 Å². The van der Waals surface area contributed by atoms with E-state index in [9.17, 15) is 9.59 Å². The summed E-state index contributed by atoms with van der Waals surface area (Å²) in [4.78, 5) is 22.8. The third-order valence-electron chi connectivity index (χ3n) is 3.39. The standard InChI is InChI=1S/C18H24O6/c1-6-12(2)18(20)24-17-15(21-4)10-14(11-16(17)22-5)8-7-9-23-13(3)19/h7-8,10-12H,6,9H2,1-5H3. The van der Waals surface area contributed by atoms with Gasteiger partial charge in [-0.2, -0.15) is 0 Å². The largest absolute Gasteiger partial charge is 0.493 e. The van der Waals surface area contributed by atoms with Crippen molar-refractivity contribution < 1.29 is 28.5 Å². The third kappa shape index (κ3) is 5.61. The first-order chi connectivity index (χ1) is 11.4. The zero-order valence-electron chi connectivity index (χ0n) is 14.8. The fourth-order valence-corrected chi connectivity index (χ4v) is 1.81. The van der Waals surface area contributed by atoms with E-state index < -0.39 is 0 Å². The Labute approximate surface area is 142 Å². The summed E-state index contributed by atoms with van der Waals surface area (Å²) < 4.78 is 20.9. The van der Waals surface area contributed by atoms with E-state index in [1.54, 1.807) is 31.2 Å². The number of rotatable bonds is 8. The highest BCUT2D eigenvalue weighted by atomic mass is 16.6. The number of esters is 2. The fraction of sp³-hybridized carbons (Fsp3) is 0.444. The number of hydrogen-bond donors (Lipinski definition) is 0. The SMILES string of the molecule is CCC(C)C(=O)Oc1c(OC)cc(C=CCOC(C)=O)cc1OC. The summed E-state index contributed by atoms with van der Waals surface area (Å²) in [5.74, 6) is 0.121. The summed E-state index contributed by atoms with van der Waals surface area (Å²) >= 11 is 0. The molecule has 1 atom stereocenters. The zero-order chi connectivity index (χ0) is 18.1. The summed E-state index contributed by atoms with van der Waals surface area (Å²) in [6, 6.07) is 3.43. The van der Waals surface area contributed by atoms with E-state index in [0.29, 0.717) is 17.9 Å². The molecule has 24 heavy (non-hydrogen) atoms. The lowest BCUT2D eigenvalue weighted by atomic mass is 10.1. The number of hydrogen-bond acceptors (Lipinski definition) is 6. The van der Waals surface area contributed by atoms with Gasteiger partial charge in [0.2, 0.25) is 5.75 Å². The minimum Gasteiger partial charge on any atom is -0.493 e. The normalized spacial score (nSPS) is 11.9. The van der Waals surface area contributed by atoms with E-state index in [1.165, 1.54) is 21.1 Å². The summed E-state index contributed by atoms with van der Waals surface area (Å²) in [5.41, 5.74) is 0.763. The molecule has 0 spiro atoms. The molecular weight excluding hydrogens is 312 g/mol. The molecule has 1 unspecified atom stereocenters. The molecular formula is C18H24O6. The minimum atomic E-state index is -0.345. The Morgan fingerprint density at radius 2 is 1.75 bits per heavy atom. The van der Waals surface area contributed by atoms with Gasteiger partial charge in [-0.1, -0.05) is 19.9 Å². The molecule has 0 heterocycles. The quantitative estimate of drug-likeness (QED) is 0.536. The molecule has 0 N–H and O–H groups in total. The zero-order valence-corrected chi connectivity index (χ0v) is 14.8. The van der Waals surface area contributed by atoms with Crippen molar-refractivity contribution in [3.8, 4) is 17.2 Å². The monoisotopic (exact) mass is 336 g/mol. The predicted molar refractivity (Wildman–Crippen MR) is 90.3 cm³/mol. The van der Waals surface area contributed by atoms with Crippen LogP contribution in [0, 0.1) is 5.92 Å². The Morgan fingerprint density at radius 1 is 1.17 bits per heavy atom. The van der Waals surface area contributed by atoms with Gasteiger partial charge in [0.1, 0.15) is 6.61 Å². The molecule has 132 valence electrons. The second-order valence-electron chi connectivity index (χ2n) is 5.19. The second-order valence-corrected chi connectivity index (χ2v) is 5.19. The van der Waals surface area contributed by atoms with Crippen LogP contribution in [0.25, 0.3) is 6.08 Å². The van der Waals surface area contributed by atoms with Crippen molar-refractivity contribution in [1.29, 1.82) is 0 Å². The van der Waals surface area contributed by atoms with Crippen molar-refractivity contribution in [2.24, 2.45) is 5.92 Å². The maximum atomic E-state index is 12.0. The average Bonchev–Trinajstić information content (AvgIpc) is 2.58. The molecule has 0 aliphatic heterocycles. The van der Waals surface area contributed by atoms with Gasteiger partial charge in [-0.05, 0) is 30.2 Å². The van der Waals surface area contributed by atoms with E-state index in [0.717, 1.165) is 5.56 Å². The maximum absolute atomic E-state index is 12.0. The van der Waals surface area contributed by atoms with Gasteiger partial charge in [0.15, 0.2) is 11.5 Å². The molecule has 6 heteroatoms. The lowest BCUT2D eigenvalue weighted by Gasteiger charge is -2.16. The van der Waals surface area contributed by atoms with Gasteiger partial charge in [0, 0.05) is 6.92 Å². The van der Waals surface area contributed by atoms with Gasteiger partial charge < -0.3 is 18.9 Å². The molecule has 0 radical (unpaired) electrons. The first-order valence-corrected chi connectivity index (χ1v) is 7.70. The van der Waals surface area contributed by atoms with E-state index in [-0.39, 0.29) is 30.2 Å². The van der Waals surface area contributed by atoms with Gasteiger partial charge in [-0.15, -0.1) is 0 Å². The molecule has 0 aliphatic rings. The summed E-state index contributed by atoms with van der Waals surface area (Å²) in [5, 5.41) is 0. The van der Waals surface area contributed by atoms with Gasteiger partial charge in [0.25, 0.3) is 0 Å². The highest BCUT2D eigenvalue weighted by molar-refractivity contribution is 5.77. The van der Waals surface area contributed by atoms with Crippen LogP contribution in [0.5, 0.6) is 17.2 Å². The Morgan fingerprint density at radius 3 is 2.21 bits per heavy atom. The smallest absolute Gasteiger partial charge is 0.314 e. The van der Waals surface area contributed by atoms with Crippen LogP contribution in [0.1, 0.15) is 32.8 Å². The fourth-order valence-electron chi connectivity index (χ4n) is 1.81. The predicted octanol–water partition coefficient (Wildman–Crippen LogP) is 3.23. The van der Waals surface area contributed by atoms with Gasteiger partial charge >= 0.3 is 11.9 Å². The average molecular weight is 336 g/mol. The number of carbonyl (C=O) groups is 2. The Bertz CT molecular complexity index is 581. The van der Waals surface area contributed by atoms with Crippen LogP contribution in [0.15, 0.2) is 18.2 Å². The highest BCUT2D eigenvalue weighted by Crippen LogP contribution is 2.39. The van der Waals surface area contributed by atoms with E-state index in [4.69, 9.17) is 18.9 Å². The lowest BCUT2D eigenvalue weighted by molar-refractivity contribution is -0.140. The van der Waals surface area contributed by atoms with Crippen LogP contribution in [0.2, 0.25) is 0 Å². The molecule has 0 saturated heterocycles. The lowest BCUT2D eigenvalue weighted by Crippen LogP contribution is -2.17. The highest BCUT2D eigenvalue weighted by Gasteiger charge is 2.20. The van der Waals surface area contributed by atoms with Crippen LogP contribution in [-0.2, 0) is 14.3 Å². The van der Waals surface area contributed by atoms with Crippen molar-refractivity contribution in [3.63, 3.8) is 0 Å². The molecule has 1 rings (SSSR count). The molecule has 0 aliphatic carbocycles. The summed E-state index contributed by atoms with van der Waals surface area (Å²) in [6.45, 7) is 5.23. The maximum Gasteiger partial charge on any atom is 0.314 e. The molecule has 0 fully saturated rings. The van der Waals surface area contributed by atoms with Gasteiger partial charge in [-0.25, -0.2) is 0 Å². The summed E-state index contributed by atoms with van der Waals surface area (Å²) in [7, 11) is 2.98. The van der Waals surface area contributed by atoms with E-state index in [1.807, 2.05) is 6.92 Å². The van der Waals surface area contributed by atoms with E-state index >= 15 is 0 Å².